The van der Waals surface area contributed by atoms with Crippen LogP contribution in [0, 0.1) is 30.9 Å². The van der Waals surface area contributed by atoms with Gasteiger partial charge in [-0.3, -0.25) is 10.1 Å². The van der Waals surface area contributed by atoms with Crippen LogP contribution in [0.15, 0.2) is 4.47 Å². The van der Waals surface area contributed by atoms with Crippen LogP contribution in [0.4, 0.5) is 5.69 Å². The van der Waals surface area contributed by atoms with Crippen LogP contribution in [0.2, 0.25) is 0 Å². The number of hydrogen-bond acceptors (Lipinski definition) is 3. The van der Waals surface area contributed by atoms with Gasteiger partial charge in [-0.25, -0.2) is 4.98 Å². The average molecular weight is 284 g/mol. The molecular weight excluding hydrogens is 274 g/mol. The van der Waals surface area contributed by atoms with Crippen LogP contribution >= 0.6 is 15.9 Å². The van der Waals surface area contributed by atoms with E-state index in [2.05, 4.69) is 25.9 Å². The first kappa shape index (κ1) is 11.1. The van der Waals surface area contributed by atoms with Gasteiger partial charge in [-0.2, -0.15) is 0 Å². The standard InChI is InChI=1S/C10H10BrN3O2/c1-4-5(2)8-9(13-6(3)12-8)10(7(4)11)14(15)16/h1-3H3,(H,12,13). The van der Waals surface area contributed by atoms with E-state index in [1.807, 2.05) is 13.8 Å². The number of H-pyrrole nitrogens is 1. The van der Waals surface area contributed by atoms with Crippen LogP contribution in [0.3, 0.4) is 0 Å². The number of nitro benzene ring substituents is 1. The lowest BCUT2D eigenvalue weighted by molar-refractivity contribution is -0.384. The van der Waals surface area contributed by atoms with Crippen LogP contribution in [-0.2, 0) is 0 Å². The molecule has 16 heavy (non-hydrogen) atoms. The van der Waals surface area contributed by atoms with E-state index < -0.39 is 4.92 Å². The monoisotopic (exact) mass is 283 g/mol. The summed E-state index contributed by atoms with van der Waals surface area (Å²) in [5.41, 5.74) is 3.03. The second-order valence-corrected chi connectivity index (χ2v) is 4.51. The van der Waals surface area contributed by atoms with Gasteiger partial charge in [0.05, 0.1) is 10.4 Å². The van der Waals surface area contributed by atoms with Crippen molar-refractivity contribution in [3.63, 3.8) is 0 Å². The summed E-state index contributed by atoms with van der Waals surface area (Å²) in [5, 5.41) is 11.0. The Morgan fingerprint density at radius 2 is 1.94 bits per heavy atom. The number of aromatic nitrogens is 2. The Hall–Kier alpha value is -1.43. The third-order valence-electron chi connectivity index (χ3n) is 2.70. The van der Waals surface area contributed by atoms with E-state index in [0.717, 1.165) is 16.6 Å². The largest absolute Gasteiger partial charge is 0.342 e. The molecule has 2 rings (SSSR count). The van der Waals surface area contributed by atoms with Crippen molar-refractivity contribution in [1.82, 2.24) is 9.97 Å². The van der Waals surface area contributed by atoms with Gasteiger partial charge in [0.25, 0.3) is 0 Å². The minimum Gasteiger partial charge on any atom is -0.342 e. The maximum atomic E-state index is 11.0. The normalized spacial score (nSPS) is 11.0. The van der Waals surface area contributed by atoms with E-state index in [9.17, 15) is 10.1 Å². The lowest BCUT2D eigenvalue weighted by atomic mass is 10.1. The predicted octanol–water partition coefficient (Wildman–Crippen LogP) is 3.16. The lowest BCUT2D eigenvalue weighted by Gasteiger charge is -2.05. The number of fused-ring (bicyclic) bond motifs is 1. The predicted molar refractivity (Wildman–Crippen MR) is 64.7 cm³/mol. The zero-order valence-corrected chi connectivity index (χ0v) is 10.7. The minimum atomic E-state index is -0.404. The van der Waals surface area contributed by atoms with E-state index in [4.69, 9.17) is 0 Å². The first-order valence-electron chi connectivity index (χ1n) is 4.72. The molecule has 0 fully saturated rings. The molecular formula is C10H10BrN3O2. The first-order valence-corrected chi connectivity index (χ1v) is 5.52. The Morgan fingerprint density at radius 3 is 2.50 bits per heavy atom. The molecule has 1 N–H and O–H groups in total. The van der Waals surface area contributed by atoms with Gasteiger partial charge >= 0.3 is 5.69 Å². The topological polar surface area (TPSA) is 71.8 Å². The summed E-state index contributed by atoms with van der Waals surface area (Å²) in [6.07, 6.45) is 0. The highest BCUT2D eigenvalue weighted by Crippen LogP contribution is 2.37. The molecule has 0 saturated heterocycles. The molecule has 2 aromatic rings. The molecule has 1 aromatic heterocycles. The number of aromatic amines is 1. The first-order chi connectivity index (χ1) is 7.43. The zero-order valence-electron chi connectivity index (χ0n) is 9.09. The molecule has 1 aromatic carbocycles. The summed E-state index contributed by atoms with van der Waals surface area (Å²) in [4.78, 5) is 17.9. The van der Waals surface area contributed by atoms with Gasteiger partial charge in [-0.1, -0.05) is 0 Å². The number of benzene rings is 1. The minimum absolute atomic E-state index is 0.0300. The number of nitrogens with one attached hydrogen (secondary N) is 1. The fraction of sp³-hybridized carbons (Fsp3) is 0.300. The molecule has 5 nitrogen and oxygen atoms in total. The number of nitro groups is 1. The van der Waals surface area contributed by atoms with Crippen LogP contribution in [0.5, 0.6) is 0 Å². The molecule has 0 radical (unpaired) electrons. The van der Waals surface area contributed by atoms with Crippen LogP contribution in [0.25, 0.3) is 11.0 Å². The van der Waals surface area contributed by atoms with Crippen molar-refractivity contribution in [1.29, 1.82) is 0 Å². The highest BCUT2D eigenvalue weighted by molar-refractivity contribution is 9.10. The number of imidazole rings is 1. The second kappa shape index (κ2) is 3.55. The zero-order chi connectivity index (χ0) is 12.0. The molecule has 0 bridgehead atoms. The van der Waals surface area contributed by atoms with Gasteiger partial charge in [0.2, 0.25) is 0 Å². The van der Waals surface area contributed by atoms with E-state index in [-0.39, 0.29) is 5.69 Å². The number of rotatable bonds is 1. The smallest absolute Gasteiger partial charge is 0.311 e. The van der Waals surface area contributed by atoms with E-state index in [0.29, 0.717) is 15.8 Å². The van der Waals surface area contributed by atoms with Gasteiger partial charge in [0, 0.05) is 0 Å². The molecule has 84 valence electrons. The summed E-state index contributed by atoms with van der Waals surface area (Å²) < 4.78 is 0.508. The van der Waals surface area contributed by atoms with E-state index >= 15 is 0 Å². The number of hydrogen-bond donors (Lipinski definition) is 1. The molecule has 6 heteroatoms. The fourth-order valence-corrected chi connectivity index (χ4v) is 2.36. The third-order valence-corrected chi connectivity index (χ3v) is 3.67. The molecule has 0 spiro atoms. The van der Waals surface area contributed by atoms with Gasteiger partial charge in [0.1, 0.15) is 10.3 Å². The van der Waals surface area contributed by atoms with Crippen LogP contribution in [-0.4, -0.2) is 14.9 Å². The Morgan fingerprint density at radius 1 is 1.31 bits per heavy atom. The third kappa shape index (κ3) is 1.41. The molecule has 1 heterocycles. The van der Waals surface area contributed by atoms with Gasteiger partial charge < -0.3 is 4.98 Å². The molecule has 0 atom stereocenters. The summed E-state index contributed by atoms with van der Waals surface area (Å²) in [5.74, 6) is 0.679. The highest BCUT2D eigenvalue weighted by atomic mass is 79.9. The molecule has 0 aliphatic carbocycles. The highest BCUT2D eigenvalue weighted by Gasteiger charge is 2.24. The summed E-state index contributed by atoms with van der Waals surface area (Å²) >= 11 is 3.27. The number of nitrogens with zero attached hydrogens (tertiary/aromatic N) is 2. The Labute approximate surface area is 100 Å². The van der Waals surface area contributed by atoms with Gasteiger partial charge in [-0.05, 0) is 47.8 Å². The number of aryl methyl sites for hydroxylation is 2. The Bertz CT molecular complexity index is 604. The van der Waals surface area contributed by atoms with Gasteiger partial charge in [0.15, 0.2) is 5.52 Å². The average Bonchev–Trinajstić information content (AvgIpc) is 2.56. The number of halogens is 1. The van der Waals surface area contributed by atoms with Crippen LogP contribution in [0.1, 0.15) is 17.0 Å². The van der Waals surface area contributed by atoms with Crippen molar-refractivity contribution in [3.8, 4) is 0 Å². The van der Waals surface area contributed by atoms with Crippen molar-refractivity contribution in [2.45, 2.75) is 20.8 Å². The molecule has 0 aliphatic heterocycles. The van der Waals surface area contributed by atoms with Gasteiger partial charge in [-0.15, -0.1) is 0 Å². The molecule has 0 amide bonds. The molecule has 0 aliphatic rings. The summed E-state index contributed by atoms with van der Waals surface area (Å²) in [7, 11) is 0. The van der Waals surface area contributed by atoms with E-state index in [1.54, 1.807) is 6.92 Å². The van der Waals surface area contributed by atoms with Crippen molar-refractivity contribution in [3.05, 3.63) is 31.5 Å². The van der Waals surface area contributed by atoms with E-state index in [1.165, 1.54) is 0 Å². The van der Waals surface area contributed by atoms with Crippen molar-refractivity contribution in [2.75, 3.05) is 0 Å². The fourth-order valence-electron chi connectivity index (χ4n) is 1.73. The maximum absolute atomic E-state index is 11.0. The lowest BCUT2D eigenvalue weighted by Crippen LogP contribution is -1.95. The SMILES string of the molecule is Cc1nc2c([N+](=O)[O-])c(Br)c(C)c(C)c2[nH]1. The van der Waals surface area contributed by atoms with Crippen LogP contribution < -0.4 is 0 Å². The summed E-state index contributed by atoms with van der Waals surface area (Å²) in [6.45, 7) is 5.55. The molecule has 0 saturated carbocycles. The second-order valence-electron chi connectivity index (χ2n) is 3.72. The quantitative estimate of drug-likeness (QED) is 0.645. The Kier molecular flexibility index (Phi) is 2.46. The Balaban J connectivity index is 3.02. The molecule has 0 unspecified atom stereocenters. The van der Waals surface area contributed by atoms with Crippen molar-refractivity contribution < 1.29 is 4.92 Å². The van der Waals surface area contributed by atoms with Crippen molar-refractivity contribution in [2.24, 2.45) is 0 Å². The maximum Gasteiger partial charge on any atom is 0.311 e. The summed E-state index contributed by atoms with van der Waals surface area (Å²) in [6, 6.07) is 0. The van der Waals surface area contributed by atoms with Crippen molar-refractivity contribution >= 4 is 32.7 Å².